The molecule has 110 valence electrons. The number of aromatic nitrogens is 2. The molecule has 5 nitrogen and oxygen atoms in total. The molecule has 1 aromatic heterocycles. The van der Waals surface area contributed by atoms with Crippen molar-refractivity contribution in [2.75, 3.05) is 13.2 Å². The molecular formula is C16H18N2O3. The van der Waals surface area contributed by atoms with E-state index in [1.807, 2.05) is 32.2 Å². The number of hydrogen-bond acceptors (Lipinski definition) is 4. The number of fused-ring (bicyclic) bond motifs is 1. The van der Waals surface area contributed by atoms with Crippen molar-refractivity contribution in [2.45, 2.75) is 19.8 Å². The van der Waals surface area contributed by atoms with Gasteiger partial charge in [0.2, 0.25) is 0 Å². The lowest BCUT2D eigenvalue weighted by Gasteiger charge is -2.20. The first-order valence-corrected chi connectivity index (χ1v) is 7.12. The summed E-state index contributed by atoms with van der Waals surface area (Å²) in [6, 6.07) is 7.41. The molecule has 1 aliphatic rings. The Hall–Kier alpha value is -2.30. The number of para-hydroxylation sites is 1. The highest BCUT2D eigenvalue weighted by Gasteiger charge is 2.21. The van der Waals surface area contributed by atoms with Gasteiger partial charge >= 0.3 is 0 Å². The van der Waals surface area contributed by atoms with E-state index in [0.29, 0.717) is 36.7 Å². The molecular weight excluding hydrogens is 268 g/mol. The Morgan fingerprint density at radius 3 is 2.90 bits per heavy atom. The zero-order valence-electron chi connectivity index (χ0n) is 12.3. The highest BCUT2D eigenvalue weighted by atomic mass is 16.6. The lowest BCUT2D eigenvalue weighted by atomic mass is 10.0. The summed E-state index contributed by atoms with van der Waals surface area (Å²) < 4.78 is 12.9. The standard InChI is InChI=1S/C16H18N2O3/c1-3-11-9-12(18(2)17-11)10-14(19)13-5-4-6-15-16(13)21-8-7-20-15/h4-6,9H,3,7-8,10H2,1-2H3. The smallest absolute Gasteiger partial charge is 0.172 e. The summed E-state index contributed by atoms with van der Waals surface area (Å²) >= 11 is 0. The van der Waals surface area contributed by atoms with E-state index in [2.05, 4.69) is 5.10 Å². The summed E-state index contributed by atoms with van der Waals surface area (Å²) in [5.41, 5.74) is 2.48. The number of Topliss-reactive ketones (excluding diaryl/α,β-unsaturated/α-hetero) is 1. The average molecular weight is 286 g/mol. The summed E-state index contributed by atoms with van der Waals surface area (Å²) in [7, 11) is 1.86. The van der Waals surface area contributed by atoms with Gasteiger partial charge in [-0.2, -0.15) is 5.10 Å². The molecule has 0 N–H and O–H groups in total. The molecule has 0 spiro atoms. The maximum absolute atomic E-state index is 12.6. The van der Waals surface area contributed by atoms with Gasteiger partial charge in [0.1, 0.15) is 13.2 Å². The molecule has 0 saturated carbocycles. The monoisotopic (exact) mass is 286 g/mol. The van der Waals surface area contributed by atoms with E-state index in [4.69, 9.17) is 9.47 Å². The van der Waals surface area contributed by atoms with Gasteiger partial charge in [0.05, 0.1) is 17.7 Å². The zero-order valence-corrected chi connectivity index (χ0v) is 12.3. The maximum Gasteiger partial charge on any atom is 0.172 e. The molecule has 0 radical (unpaired) electrons. The molecule has 0 aliphatic carbocycles. The molecule has 1 aromatic carbocycles. The van der Waals surface area contributed by atoms with Gasteiger partial charge < -0.3 is 9.47 Å². The summed E-state index contributed by atoms with van der Waals surface area (Å²) in [5.74, 6) is 1.22. The van der Waals surface area contributed by atoms with Gasteiger partial charge in [-0.25, -0.2) is 0 Å². The number of benzene rings is 1. The van der Waals surface area contributed by atoms with Crippen LogP contribution < -0.4 is 9.47 Å². The minimum atomic E-state index is 0.0167. The fourth-order valence-corrected chi connectivity index (χ4v) is 2.46. The van der Waals surface area contributed by atoms with Crippen molar-refractivity contribution in [2.24, 2.45) is 7.05 Å². The van der Waals surface area contributed by atoms with Crippen LogP contribution in [0.1, 0.15) is 28.7 Å². The number of nitrogens with zero attached hydrogens (tertiary/aromatic N) is 2. The molecule has 1 aliphatic heterocycles. The van der Waals surface area contributed by atoms with E-state index in [9.17, 15) is 4.79 Å². The van der Waals surface area contributed by atoms with E-state index in [0.717, 1.165) is 17.8 Å². The fourth-order valence-electron chi connectivity index (χ4n) is 2.46. The molecule has 0 unspecified atom stereocenters. The van der Waals surface area contributed by atoms with Crippen molar-refractivity contribution in [3.8, 4) is 11.5 Å². The first-order chi connectivity index (χ1) is 10.2. The lowest BCUT2D eigenvalue weighted by Crippen LogP contribution is -2.18. The Balaban J connectivity index is 1.87. The van der Waals surface area contributed by atoms with Crippen molar-refractivity contribution >= 4 is 5.78 Å². The Morgan fingerprint density at radius 2 is 2.14 bits per heavy atom. The van der Waals surface area contributed by atoms with Crippen molar-refractivity contribution < 1.29 is 14.3 Å². The van der Waals surface area contributed by atoms with Crippen LogP contribution in [0.5, 0.6) is 11.5 Å². The molecule has 21 heavy (non-hydrogen) atoms. The van der Waals surface area contributed by atoms with E-state index in [1.165, 1.54) is 0 Å². The van der Waals surface area contributed by atoms with Crippen molar-refractivity contribution in [1.29, 1.82) is 0 Å². The largest absolute Gasteiger partial charge is 0.486 e. The van der Waals surface area contributed by atoms with E-state index < -0.39 is 0 Å². The highest BCUT2D eigenvalue weighted by Crippen LogP contribution is 2.34. The van der Waals surface area contributed by atoms with Gasteiger partial charge in [0, 0.05) is 12.7 Å². The highest BCUT2D eigenvalue weighted by molar-refractivity contribution is 6.00. The number of ether oxygens (including phenoxy) is 2. The first kappa shape index (κ1) is 13.7. The third-order valence-corrected chi connectivity index (χ3v) is 3.60. The van der Waals surface area contributed by atoms with Gasteiger partial charge in [-0.3, -0.25) is 9.48 Å². The van der Waals surface area contributed by atoms with Crippen LogP contribution in [0.2, 0.25) is 0 Å². The minimum Gasteiger partial charge on any atom is -0.486 e. The van der Waals surface area contributed by atoms with Crippen LogP contribution in [0.3, 0.4) is 0 Å². The Bertz CT molecular complexity index is 676. The van der Waals surface area contributed by atoms with Gasteiger partial charge in [-0.05, 0) is 24.6 Å². The number of hydrogen-bond donors (Lipinski definition) is 0. The third-order valence-electron chi connectivity index (χ3n) is 3.60. The fraction of sp³-hybridized carbons (Fsp3) is 0.375. The van der Waals surface area contributed by atoms with E-state index >= 15 is 0 Å². The Kier molecular flexibility index (Phi) is 3.64. The van der Waals surface area contributed by atoms with E-state index in [1.54, 1.807) is 10.7 Å². The van der Waals surface area contributed by atoms with Gasteiger partial charge in [-0.1, -0.05) is 13.0 Å². The van der Waals surface area contributed by atoms with Crippen LogP contribution in [0, 0.1) is 0 Å². The maximum atomic E-state index is 12.6. The van der Waals surface area contributed by atoms with Gasteiger partial charge in [-0.15, -0.1) is 0 Å². The van der Waals surface area contributed by atoms with Gasteiger partial charge in [0.15, 0.2) is 17.3 Å². The predicted molar refractivity (Wildman–Crippen MR) is 78.1 cm³/mol. The summed E-state index contributed by atoms with van der Waals surface area (Å²) in [6.45, 7) is 3.04. The molecule has 0 atom stereocenters. The molecule has 2 aromatic rings. The number of carbonyl (C=O) groups excluding carboxylic acids is 1. The lowest BCUT2D eigenvalue weighted by molar-refractivity contribution is 0.0979. The SMILES string of the molecule is CCc1cc(CC(=O)c2cccc3c2OCCO3)n(C)n1. The Labute approximate surface area is 123 Å². The van der Waals surface area contributed by atoms with Crippen molar-refractivity contribution in [3.63, 3.8) is 0 Å². The first-order valence-electron chi connectivity index (χ1n) is 7.12. The second-order valence-electron chi connectivity index (χ2n) is 5.03. The van der Waals surface area contributed by atoms with Gasteiger partial charge in [0.25, 0.3) is 0 Å². The summed E-state index contributed by atoms with van der Waals surface area (Å²) in [4.78, 5) is 12.6. The number of rotatable bonds is 4. The van der Waals surface area contributed by atoms with Crippen LogP contribution in [-0.2, 0) is 19.9 Å². The van der Waals surface area contributed by atoms with Crippen molar-refractivity contribution in [3.05, 3.63) is 41.2 Å². The number of carbonyl (C=O) groups is 1. The average Bonchev–Trinajstić information content (AvgIpc) is 2.87. The van der Waals surface area contributed by atoms with E-state index in [-0.39, 0.29) is 5.78 Å². The van der Waals surface area contributed by atoms with Crippen LogP contribution in [0.15, 0.2) is 24.3 Å². The van der Waals surface area contributed by atoms with Crippen molar-refractivity contribution in [1.82, 2.24) is 9.78 Å². The van der Waals surface area contributed by atoms with Crippen LogP contribution in [0.25, 0.3) is 0 Å². The molecule has 0 saturated heterocycles. The minimum absolute atomic E-state index is 0.0167. The molecule has 0 bridgehead atoms. The molecule has 0 amide bonds. The molecule has 3 rings (SSSR count). The zero-order chi connectivity index (χ0) is 14.8. The van der Waals surface area contributed by atoms with Crippen LogP contribution >= 0.6 is 0 Å². The molecule has 2 heterocycles. The second-order valence-corrected chi connectivity index (χ2v) is 5.03. The number of aryl methyl sites for hydroxylation is 2. The third kappa shape index (κ3) is 2.63. The number of ketones is 1. The predicted octanol–water partition coefficient (Wildman–Crippen LogP) is 2.18. The topological polar surface area (TPSA) is 53.4 Å². The second kappa shape index (κ2) is 5.60. The molecule has 0 fully saturated rings. The summed E-state index contributed by atoms with van der Waals surface area (Å²) in [5, 5.41) is 4.37. The quantitative estimate of drug-likeness (QED) is 0.808. The molecule has 5 heteroatoms. The normalized spacial score (nSPS) is 13.2. The Morgan fingerprint density at radius 1 is 1.33 bits per heavy atom. The van der Waals surface area contributed by atoms with Crippen LogP contribution in [-0.4, -0.2) is 28.8 Å². The van der Waals surface area contributed by atoms with Crippen LogP contribution in [0.4, 0.5) is 0 Å². The summed E-state index contributed by atoms with van der Waals surface area (Å²) in [6.07, 6.45) is 1.17.